The van der Waals surface area contributed by atoms with E-state index in [1.165, 1.54) is 11.1 Å². The van der Waals surface area contributed by atoms with Crippen LogP contribution in [-0.4, -0.2) is 18.4 Å². The van der Waals surface area contributed by atoms with Crippen LogP contribution in [0.3, 0.4) is 0 Å². The number of piperidine rings is 1. The van der Waals surface area contributed by atoms with E-state index in [1.54, 1.807) is 0 Å². The van der Waals surface area contributed by atoms with Gasteiger partial charge < -0.3 is 9.53 Å². The van der Waals surface area contributed by atoms with Crippen molar-refractivity contribution in [1.29, 1.82) is 0 Å². The summed E-state index contributed by atoms with van der Waals surface area (Å²) in [7, 11) is 0. The van der Waals surface area contributed by atoms with Crippen LogP contribution in [0, 0.1) is 0 Å². The number of nitrogens with one attached hydrogen (secondary N) is 1. The lowest BCUT2D eigenvalue weighted by atomic mass is 9.91. The zero-order chi connectivity index (χ0) is 15.2. The quantitative estimate of drug-likeness (QED) is 0.860. The van der Waals surface area contributed by atoms with Crippen LogP contribution in [0.2, 0.25) is 0 Å². The molecule has 1 aliphatic rings. The van der Waals surface area contributed by atoms with Crippen LogP contribution < -0.4 is 5.32 Å². The third-order valence-electron chi connectivity index (χ3n) is 4.16. The summed E-state index contributed by atoms with van der Waals surface area (Å²) in [6, 6.07) is 20.4. The zero-order valence-electron chi connectivity index (χ0n) is 12.5. The van der Waals surface area contributed by atoms with Crippen molar-refractivity contribution in [3.63, 3.8) is 0 Å². The van der Waals surface area contributed by atoms with Crippen molar-refractivity contribution in [3.8, 4) is 0 Å². The van der Waals surface area contributed by atoms with Gasteiger partial charge >= 0.3 is 0 Å². The third-order valence-corrected chi connectivity index (χ3v) is 4.16. The van der Waals surface area contributed by atoms with Crippen molar-refractivity contribution in [2.24, 2.45) is 0 Å². The maximum absolute atomic E-state index is 11.1. The second-order valence-electron chi connectivity index (χ2n) is 5.71. The van der Waals surface area contributed by atoms with Crippen LogP contribution in [0.25, 0.3) is 0 Å². The van der Waals surface area contributed by atoms with Gasteiger partial charge in [0, 0.05) is 0 Å². The second kappa shape index (κ2) is 7.34. The van der Waals surface area contributed by atoms with E-state index < -0.39 is 0 Å². The molecule has 0 radical (unpaired) electrons. The van der Waals surface area contributed by atoms with Gasteiger partial charge in [-0.3, -0.25) is 5.32 Å². The average Bonchev–Trinajstić information content (AvgIpc) is 2.61. The normalized spacial score (nSPS) is 24.8. The maximum atomic E-state index is 11.1. The number of rotatable bonds is 5. The number of carbonyl (C=O) groups is 1. The molecule has 0 amide bonds. The molecule has 1 N–H and O–H groups in total. The van der Waals surface area contributed by atoms with Gasteiger partial charge in [-0.2, -0.15) is 0 Å². The Bertz CT molecular complexity index is 585. The van der Waals surface area contributed by atoms with E-state index in [2.05, 4.69) is 29.6 Å². The van der Waals surface area contributed by atoms with E-state index in [9.17, 15) is 4.79 Å². The predicted octanol–water partition coefficient (Wildman–Crippen LogP) is 3.26. The molecule has 0 bridgehead atoms. The summed E-state index contributed by atoms with van der Waals surface area (Å²) in [6.45, 7) is 0.599. The van der Waals surface area contributed by atoms with E-state index in [0.717, 1.165) is 19.1 Å². The molecule has 114 valence electrons. The fourth-order valence-electron chi connectivity index (χ4n) is 2.97. The lowest BCUT2D eigenvalue weighted by Gasteiger charge is -2.35. The average molecular weight is 295 g/mol. The van der Waals surface area contributed by atoms with Gasteiger partial charge in [-0.05, 0) is 24.0 Å². The Morgan fingerprint density at radius 3 is 2.36 bits per heavy atom. The summed E-state index contributed by atoms with van der Waals surface area (Å²) in [5.41, 5.74) is 2.35. The van der Waals surface area contributed by atoms with Crippen LogP contribution in [0.4, 0.5) is 0 Å². The first-order valence-corrected chi connectivity index (χ1v) is 7.78. The first-order chi connectivity index (χ1) is 10.9. The second-order valence-corrected chi connectivity index (χ2v) is 5.71. The molecule has 3 atom stereocenters. The molecular weight excluding hydrogens is 274 g/mol. The van der Waals surface area contributed by atoms with Crippen LogP contribution >= 0.6 is 0 Å². The van der Waals surface area contributed by atoms with E-state index in [0.29, 0.717) is 6.61 Å². The summed E-state index contributed by atoms with van der Waals surface area (Å²) in [6.07, 6.45) is 2.80. The van der Waals surface area contributed by atoms with Crippen LogP contribution in [0.5, 0.6) is 0 Å². The Hall–Kier alpha value is -1.97. The van der Waals surface area contributed by atoms with Gasteiger partial charge in [-0.15, -0.1) is 0 Å². The van der Waals surface area contributed by atoms with Crippen LogP contribution in [0.15, 0.2) is 60.7 Å². The third kappa shape index (κ3) is 3.62. The number of benzene rings is 2. The van der Waals surface area contributed by atoms with Crippen molar-refractivity contribution in [2.75, 3.05) is 0 Å². The smallest absolute Gasteiger partial charge is 0.136 e. The molecular formula is C19H21NO2. The van der Waals surface area contributed by atoms with Crippen molar-refractivity contribution in [2.45, 2.75) is 37.6 Å². The van der Waals surface area contributed by atoms with Gasteiger partial charge in [0.1, 0.15) is 6.29 Å². The molecule has 1 fully saturated rings. The molecule has 0 saturated carbocycles. The summed E-state index contributed by atoms with van der Waals surface area (Å²) in [5, 5.41) is 3.41. The monoisotopic (exact) mass is 295 g/mol. The highest BCUT2D eigenvalue weighted by Gasteiger charge is 2.31. The topological polar surface area (TPSA) is 38.3 Å². The zero-order valence-corrected chi connectivity index (χ0v) is 12.5. The fourth-order valence-corrected chi connectivity index (χ4v) is 2.97. The van der Waals surface area contributed by atoms with Crippen molar-refractivity contribution >= 4 is 6.29 Å². The molecule has 3 heteroatoms. The van der Waals surface area contributed by atoms with E-state index in [-0.39, 0.29) is 18.2 Å². The predicted molar refractivity (Wildman–Crippen MR) is 86.4 cm³/mol. The first kappa shape index (κ1) is 14.9. The highest BCUT2D eigenvalue weighted by atomic mass is 16.5. The molecule has 0 aliphatic carbocycles. The molecule has 2 aromatic rings. The molecule has 22 heavy (non-hydrogen) atoms. The molecule has 2 aromatic carbocycles. The SMILES string of the molecule is O=CC1CC[C@@H](OCc2ccccc2)[C@H](c2ccccc2)N1. The Morgan fingerprint density at radius 1 is 1.00 bits per heavy atom. The van der Waals surface area contributed by atoms with Gasteiger partial charge in [0.2, 0.25) is 0 Å². The highest BCUT2D eigenvalue weighted by Crippen LogP contribution is 2.28. The molecule has 1 aliphatic heterocycles. The Morgan fingerprint density at radius 2 is 1.68 bits per heavy atom. The Balaban J connectivity index is 1.71. The van der Waals surface area contributed by atoms with Gasteiger partial charge in [0.25, 0.3) is 0 Å². The molecule has 3 nitrogen and oxygen atoms in total. The number of hydrogen-bond donors (Lipinski definition) is 1. The van der Waals surface area contributed by atoms with Crippen molar-refractivity contribution in [1.82, 2.24) is 5.32 Å². The van der Waals surface area contributed by atoms with Crippen molar-refractivity contribution < 1.29 is 9.53 Å². The van der Waals surface area contributed by atoms with E-state index in [1.807, 2.05) is 36.4 Å². The highest BCUT2D eigenvalue weighted by molar-refractivity contribution is 5.58. The molecule has 3 rings (SSSR count). The number of ether oxygens (including phenoxy) is 1. The van der Waals surface area contributed by atoms with Gasteiger partial charge in [0.05, 0.1) is 24.8 Å². The van der Waals surface area contributed by atoms with E-state index >= 15 is 0 Å². The number of aldehydes is 1. The molecule has 0 aromatic heterocycles. The Labute approximate surface area is 131 Å². The van der Waals surface area contributed by atoms with Crippen LogP contribution in [0.1, 0.15) is 30.0 Å². The minimum absolute atomic E-state index is 0.0638. The lowest BCUT2D eigenvalue weighted by Crippen LogP contribution is -2.46. The summed E-state index contributed by atoms with van der Waals surface area (Å²) in [5.74, 6) is 0. The number of carbonyl (C=O) groups excluding carboxylic acids is 1. The molecule has 1 unspecified atom stereocenters. The summed E-state index contributed by atoms with van der Waals surface area (Å²) < 4.78 is 6.15. The maximum Gasteiger partial charge on any atom is 0.136 e. The fraction of sp³-hybridized carbons (Fsp3) is 0.316. The van der Waals surface area contributed by atoms with E-state index in [4.69, 9.17) is 4.74 Å². The largest absolute Gasteiger partial charge is 0.372 e. The van der Waals surface area contributed by atoms with Crippen LogP contribution in [-0.2, 0) is 16.1 Å². The van der Waals surface area contributed by atoms with Gasteiger partial charge in [-0.25, -0.2) is 0 Å². The molecule has 1 saturated heterocycles. The number of hydrogen-bond acceptors (Lipinski definition) is 3. The Kier molecular flexibility index (Phi) is 4.99. The molecule has 1 heterocycles. The summed E-state index contributed by atoms with van der Waals surface area (Å²) >= 11 is 0. The minimum Gasteiger partial charge on any atom is -0.372 e. The standard InChI is InChI=1S/C19H21NO2/c21-13-17-11-12-18(22-14-15-7-3-1-4-8-15)19(20-17)16-9-5-2-6-10-16/h1-10,13,17-20H,11-12,14H2/t17?,18-,19+/m1/s1. The summed E-state index contributed by atoms with van der Waals surface area (Å²) in [4.78, 5) is 11.1. The molecule has 0 spiro atoms. The minimum atomic E-state index is -0.0817. The first-order valence-electron chi connectivity index (χ1n) is 7.78. The van der Waals surface area contributed by atoms with Crippen molar-refractivity contribution in [3.05, 3.63) is 71.8 Å². The van der Waals surface area contributed by atoms with Gasteiger partial charge in [0.15, 0.2) is 0 Å². The van der Waals surface area contributed by atoms with Gasteiger partial charge in [-0.1, -0.05) is 60.7 Å². The lowest BCUT2D eigenvalue weighted by molar-refractivity contribution is -0.111.